The first-order valence-corrected chi connectivity index (χ1v) is 9.00. The van der Waals surface area contributed by atoms with Crippen LogP contribution >= 0.6 is 11.3 Å². The maximum Gasteiger partial charge on any atom is 0.416 e. The van der Waals surface area contributed by atoms with Gasteiger partial charge in [-0.05, 0) is 39.7 Å². The highest BCUT2D eigenvalue weighted by atomic mass is 32.1. The summed E-state index contributed by atoms with van der Waals surface area (Å²) < 4.78 is 5.31. The van der Waals surface area contributed by atoms with E-state index in [4.69, 9.17) is 4.74 Å². The number of amides is 2. The van der Waals surface area contributed by atoms with Crippen molar-refractivity contribution in [1.82, 2.24) is 15.2 Å². The number of nitrogens with one attached hydrogen (secondary N) is 1. The summed E-state index contributed by atoms with van der Waals surface area (Å²) in [6, 6.07) is 0.223. The van der Waals surface area contributed by atoms with E-state index < -0.39 is 11.7 Å². The van der Waals surface area contributed by atoms with Crippen molar-refractivity contribution in [2.75, 3.05) is 31.6 Å². The molecule has 0 spiro atoms. The highest BCUT2D eigenvalue weighted by molar-refractivity contribution is 7.17. The molecule has 3 rings (SSSR count). The molecule has 24 heavy (non-hydrogen) atoms. The molecule has 2 aliphatic heterocycles. The number of nitrogens with zero attached hydrogens (tertiary/aromatic N) is 3. The van der Waals surface area contributed by atoms with Crippen LogP contribution in [0, 0.1) is 5.92 Å². The fraction of sp³-hybridized carbons (Fsp3) is 0.688. The molecular weight excluding hydrogens is 328 g/mol. The third-order valence-corrected chi connectivity index (χ3v) is 5.39. The number of ether oxygens (including phenoxy) is 1. The van der Waals surface area contributed by atoms with Gasteiger partial charge in [0.25, 0.3) is 5.91 Å². The summed E-state index contributed by atoms with van der Waals surface area (Å²) in [5.74, 6) is 0.445. The SMILES string of the molecule is CN(C(=O)OC(C)(C)C)c1ncc(C(=O)NC2CN3CCC2C3)s1. The monoisotopic (exact) mass is 352 g/mol. The van der Waals surface area contributed by atoms with Crippen molar-refractivity contribution in [3.05, 3.63) is 11.1 Å². The number of piperidine rings is 1. The number of thiazole rings is 1. The summed E-state index contributed by atoms with van der Waals surface area (Å²) in [5.41, 5.74) is -0.570. The van der Waals surface area contributed by atoms with Crippen molar-refractivity contribution in [3.63, 3.8) is 0 Å². The Morgan fingerprint density at radius 1 is 1.42 bits per heavy atom. The molecule has 132 valence electrons. The maximum atomic E-state index is 12.4. The van der Waals surface area contributed by atoms with E-state index in [0.29, 0.717) is 15.9 Å². The Balaban J connectivity index is 1.60. The molecule has 3 unspecified atom stereocenters. The Kier molecular flexibility index (Phi) is 4.52. The molecule has 1 aromatic rings. The van der Waals surface area contributed by atoms with Crippen molar-refractivity contribution in [2.24, 2.45) is 5.92 Å². The molecule has 2 saturated heterocycles. The summed E-state index contributed by atoms with van der Waals surface area (Å²) in [7, 11) is 1.60. The van der Waals surface area contributed by atoms with Crippen LogP contribution < -0.4 is 10.2 Å². The highest BCUT2D eigenvalue weighted by Gasteiger charge is 2.38. The van der Waals surface area contributed by atoms with Crippen LogP contribution in [0.1, 0.15) is 36.9 Å². The summed E-state index contributed by atoms with van der Waals surface area (Å²) in [4.78, 5) is 32.9. The fourth-order valence-corrected chi connectivity index (χ4v) is 3.89. The molecule has 8 heteroatoms. The predicted octanol–water partition coefficient (Wildman–Crippen LogP) is 1.95. The normalized spacial score (nSPS) is 25.6. The fourth-order valence-electron chi connectivity index (χ4n) is 3.12. The number of aromatic nitrogens is 1. The molecule has 0 aromatic carbocycles. The van der Waals surface area contributed by atoms with Crippen molar-refractivity contribution >= 4 is 28.5 Å². The number of anilines is 1. The third kappa shape index (κ3) is 3.70. The van der Waals surface area contributed by atoms with E-state index >= 15 is 0 Å². The average molecular weight is 352 g/mol. The van der Waals surface area contributed by atoms with Gasteiger partial charge in [0.1, 0.15) is 10.5 Å². The Bertz CT molecular complexity index is 640. The highest BCUT2D eigenvalue weighted by Crippen LogP contribution is 2.29. The van der Waals surface area contributed by atoms with Crippen molar-refractivity contribution < 1.29 is 14.3 Å². The van der Waals surface area contributed by atoms with Gasteiger partial charge in [-0.2, -0.15) is 0 Å². The van der Waals surface area contributed by atoms with E-state index in [1.807, 2.05) is 20.8 Å². The Morgan fingerprint density at radius 3 is 2.75 bits per heavy atom. The molecule has 0 radical (unpaired) electrons. The first-order valence-electron chi connectivity index (χ1n) is 8.19. The first kappa shape index (κ1) is 17.2. The zero-order valence-electron chi connectivity index (χ0n) is 14.5. The summed E-state index contributed by atoms with van der Waals surface area (Å²) >= 11 is 1.20. The summed E-state index contributed by atoms with van der Waals surface area (Å²) in [6.07, 6.45) is 2.19. The van der Waals surface area contributed by atoms with Crippen LogP contribution in [-0.4, -0.2) is 60.2 Å². The molecule has 1 aromatic heterocycles. The standard InChI is InChI=1S/C16H24N4O3S/c1-16(2,3)23-15(22)19(4)14-17-7-12(24-14)13(21)18-11-9-20-6-5-10(11)8-20/h7,10-11H,5-6,8-9H2,1-4H3,(H,18,21). The molecule has 2 amide bonds. The minimum absolute atomic E-state index is 0.116. The van der Waals surface area contributed by atoms with Crippen LogP contribution in [0.15, 0.2) is 6.20 Å². The van der Waals surface area contributed by atoms with E-state index in [1.165, 1.54) is 22.4 Å². The van der Waals surface area contributed by atoms with Crippen molar-refractivity contribution in [3.8, 4) is 0 Å². The van der Waals surface area contributed by atoms with Gasteiger partial charge in [0, 0.05) is 26.2 Å². The smallest absolute Gasteiger partial charge is 0.416 e. The minimum atomic E-state index is -0.570. The number of fused-ring (bicyclic) bond motifs is 2. The van der Waals surface area contributed by atoms with Gasteiger partial charge < -0.3 is 15.0 Å². The molecule has 7 nitrogen and oxygen atoms in total. The predicted molar refractivity (Wildman–Crippen MR) is 92.6 cm³/mol. The lowest BCUT2D eigenvalue weighted by atomic mass is 10.00. The molecule has 3 atom stereocenters. The van der Waals surface area contributed by atoms with Gasteiger partial charge in [0.15, 0.2) is 5.13 Å². The van der Waals surface area contributed by atoms with Gasteiger partial charge in [-0.15, -0.1) is 0 Å². The molecular formula is C16H24N4O3S. The van der Waals surface area contributed by atoms with E-state index in [0.717, 1.165) is 26.1 Å². The van der Waals surface area contributed by atoms with Gasteiger partial charge in [0.2, 0.25) is 0 Å². The van der Waals surface area contributed by atoms with Crippen LogP contribution in [0.5, 0.6) is 0 Å². The second-order valence-corrected chi connectivity index (χ2v) is 8.44. The van der Waals surface area contributed by atoms with Gasteiger partial charge in [-0.25, -0.2) is 9.78 Å². The molecule has 2 bridgehead atoms. The van der Waals surface area contributed by atoms with Crippen molar-refractivity contribution in [1.29, 1.82) is 0 Å². The van der Waals surface area contributed by atoms with E-state index in [-0.39, 0.29) is 11.9 Å². The molecule has 2 fully saturated rings. The number of hydrogen-bond donors (Lipinski definition) is 1. The molecule has 1 N–H and O–H groups in total. The van der Waals surface area contributed by atoms with Gasteiger partial charge in [-0.3, -0.25) is 9.69 Å². The van der Waals surface area contributed by atoms with Gasteiger partial charge in [0.05, 0.1) is 6.20 Å². The number of carbonyl (C=O) groups is 2. The lowest BCUT2D eigenvalue weighted by molar-refractivity contribution is 0.0589. The Morgan fingerprint density at radius 2 is 2.17 bits per heavy atom. The van der Waals surface area contributed by atoms with E-state index in [1.54, 1.807) is 7.05 Å². The van der Waals surface area contributed by atoms with Crippen LogP contribution in [-0.2, 0) is 4.74 Å². The molecule has 2 aliphatic rings. The molecule has 3 heterocycles. The van der Waals surface area contributed by atoms with Gasteiger partial charge >= 0.3 is 6.09 Å². The van der Waals surface area contributed by atoms with E-state index in [2.05, 4.69) is 15.2 Å². The number of carbonyl (C=O) groups excluding carboxylic acids is 2. The third-order valence-electron chi connectivity index (χ3n) is 4.32. The van der Waals surface area contributed by atoms with Crippen molar-refractivity contribution in [2.45, 2.75) is 38.8 Å². The van der Waals surface area contributed by atoms with Crippen LogP contribution in [0.2, 0.25) is 0 Å². The molecule has 0 aliphatic carbocycles. The number of rotatable bonds is 3. The second kappa shape index (κ2) is 6.33. The Hall–Kier alpha value is -1.67. The second-order valence-electron chi connectivity index (χ2n) is 7.43. The van der Waals surface area contributed by atoms with Crippen LogP contribution in [0.4, 0.5) is 9.93 Å². The summed E-state index contributed by atoms with van der Waals surface area (Å²) in [5, 5.41) is 3.55. The van der Waals surface area contributed by atoms with Crippen LogP contribution in [0.3, 0.4) is 0 Å². The minimum Gasteiger partial charge on any atom is -0.443 e. The number of hydrogen-bond acceptors (Lipinski definition) is 6. The van der Waals surface area contributed by atoms with E-state index in [9.17, 15) is 9.59 Å². The summed E-state index contributed by atoms with van der Waals surface area (Å²) in [6.45, 7) is 8.59. The average Bonchev–Trinajstić information content (AvgIpc) is 3.20. The first-order chi connectivity index (χ1) is 11.2. The molecule has 0 saturated carbocycles. The Labute approximate surface area is 146 Å². The van der Waals surface area contributed by atoms with Crippen LogP contribution in [0.25, 0.3) is 0 Å². The largest absolute Gasteiger partial charge is 0.443 e. The topological polar surface area (TPSA) is 74.8 Å². The quantitative estimate of drug-likeness (QED) is 0.900. The van der Waals surface area contributed by atoms with Gasteiger partial charge in [-0.1, -0.05) is 11.3 Å². The lowest BCUT2D eigenvalue weighted by Crippen LogP contribution is -2.42. The zero-order chi connectivity index (χ0) is 17.5. The lowest BCUT2D eigenvalue weighted by Gasteiger charge is -2.23. The zero-order valence-corrected chi connectivity index (χ0v) is 15.4. The maximum absolute atomic E-state index is 12.4.